The number of esters is 1. The minimum Gasteiger partial charge on any atom is -0.465 e. The van der Waals surface area contributed by atoms with E-state index in [0.717, 1.165) is 9.73 Å². The molecule has 1 aromatic heterocycles. The van der Waals surface area contributed by atoms with Crippen LogP contribution in [-0.4, -0.2) is 30.1 Å². The summed E-state index contributed by atoms with van der Waals surface area (Å²) in [6.45, 7) is 6.50. The van der Waals surface area contributed by atoms with E-state index >= 15 is 0 Å². The summed E-state index contributed by atoms with van der Waals surface area (Å²) in [7, 11) is 0. The Morgan fingerprint density at radius 2 is 2.38 bits per heavy atom. The Bertz CT molecular complexity index is 354. The topological polar surface area (TPSA) is 42.4 Å². The smallest absolute Gasteiger partial charge is 0.325 e. The molecule has 0 atom stereocenters. The molecule has 0 aliphatic rings. The second kappa shape index (κ2) is 6.20. The predicted molar refractivity (Wildman–Crippen MR) is 68.9 cm³/mol. The molecule has 0 aromatic carbocycles. The maximum Gasteiger partial charge on any atom is 0.325 e. The highest BCUT2D eigenvalue weighted by molar-refractivity contribution is 9.10. The number of hydrogen-bond acceptors (Lipinski definition) is 5. The molecule has 0 bridgehead atoms. The van der Waals surface area contributed by atoms with Gasteiger partial charge in [0, 0.05) is 11.4 Å². The van der Waals surface area contributed by atoms with Gasteiger partial charge in [0.25, 0.3) is 0 Å². The first kappa shape index (κ1) is 13.4. The van der Waals surface area contributed by atoms with E-state index in [1.165, 1.54) is 11.3 Å². The van der Waals surface area contributed by atoms with E-state index in [-0.39, 0.29) is 18.6 Å². The van der Waals surface area contributed by atoms with Crippen LogP contribution in [0.4, 0.5) is 5.13 Å². The summed E-state index contributed by atoms with van der Waals surface area (Å²) in [6, 6.07) is 0.211. The van der Waals surface area contributed by atoms with Gasteiger partial charge in [-0.2, -0.15) is 0 Å². The number of hydrogen-bond donors (Lipinski definition) is 0. The van der Waals surface area contributed by atoms with Crippen molar-refractivity contribution in [3.05, 3.63) is 9.98 Å². The van der Waals surface area contributed by atoms with Gasteiger partial charge in [-0.25, -0.2) is 4.98 Å². The van der Waals surface area contributed by atoms with Crippen LogP contribution in [0.2, 0.25) is 0 Å². The van der Waals surface area contributed by atoms with Crippen LogP contribution in [0.25, 0.3) is 0 Å². The quantitative estimate of drug-likeness (QED) is 0.784. The van der Waals surface area contributed by atoms with Crippen molar-refractivity contribution >= 4 is 38.4 Å². The van der Waals surface area contributed by atoms with Crippen molar-refractivity contribution in [2.45, 2.75) is 26.8 Å². The second-order valence-corrected chi connectivity index (χ2v) is 5.13. The van der Waals surface area contributed by atoms with Gasteiger partial charge in [-0.3, -0.25) is 4.79 Å². The third-order valence-corrected chi connectivity index (χ3v) is 3.52. The molecule has 0 radical (unpaired) electrons. The first-order valence-electron chi connectivity index (χ1n) is 5.08. The van der Waals surface area contributed by atoms with Crippen molar-refractivity contribution in [2.75, 3.05) is 18.1 Å². The number of carbonyl (C=O) groups excluding carboxylic acids is 1. The molecule has 1 rings (SSSR count). The van der Waals surface area contributed by atoms with Gasteiger partial charge in [0.05, 0.1) is 6.61 Å². The number of thiazole rings is 1. The van der Waals surface area contributed by atoms with Gasteiger partial charge in [0.1, 0.15) is 11.1 Å². The number of carbonyl (C=O) groups is 1. The summed E-state index contributed by atoms with van der Waals surface area (Å²) in [4.78, 5) is 17.7. The SMILES string of the molecule is CCOC(=O)CN(c1nc(Br)cs1)C(C)C. The summed E-state index contributed by atoms with van der Waals surface area (Å²) in [5.41, 5.74) is 0. The van der Waals surface area contributed by atoms with E-state index in [0.29, 0.717) is 6.61 Å². The fourth-order valence-corrected chi connectivity index (χ4v) is 2.58. The van der Waals surface area contributed by atoms with Crippen LogP contribution in [0.3, 0.4) is 0 Å². The molecule has 6 heteroatoms. The minimum atomic E-state index is -0.220. The maximum absolute atomic E-state index is 11.4. The van der Waals surface area contributed by atoms with Crippen LogP contribution in [0.1, 0.15) is 20.8 Å². The number of rotatable bonds is 5. The molecule has 90 valence electrons. The normalized spacial score (nSPS) is 10.6. The van der Waals surface area contributed by atoms with Crippen molar-refractivity contribution < 1.29 is 9.53 Å². The molecule has 0 fully saturated rings. The molecule has 1 heterocycles. The summed E-state index contributed by atoms with van der Waals surface area (Å²) >= 11 is 4.81. The fourth-order valence-electron chi connectivity index (χ4n) is 1.19. The van der Waals surface area contributed by atoms with Crippen LogP contribution in [-0.2, 0) is 9.53 Å². The zero-order valence-electron chi connectivity index (χ0n) is 9.57. The predicted octanol–water partition coefficient (Wildman–Crippen LogP) is 2.68. The molecule has 0 unspecified atom stereocenters. The Labute approximate surface area is 108 Å². The molecule has 0 spiro atoms. The van der Waals surface area contributed by atoms with E-state index in [2.05, 4.69) is 20.9 Å². The van der Waals surface area contributed by atoms with Crippen molar-refractivity contribution in [2.24, 2.45) is 0 Å². The minimum absolute atomic E-state index is 0.211. The van der Waals surface area contributed by atoms with Crippen LogP contribution < -0.4 is 4.90 Å². The average molecular weight is 307 g/mol. The molecule has 4 nitrogen and oxygen atoms in total. The van der Waals surface area contributed by atoms with Crippen molar-refractivity contribution in [3.63, 3.8) is 0 Å². The van der Waals surface area contributed by atoms with E-state index in [1.807, 2.05) is 24.1 Å². The van der Waals surface area contributed by atoms with E-state index in [9.17, 15) is 4.79 Å². The molecule has 1 aromatic rings. The lowest BCUT2D eigenvalue weighted by molar-refractivity contribution is -0.141. The lowest BCUT2D eigenvalue weighted by atomic mass is 10.3. The number of ether oxygens (including phenoxy) is 1. The monoisotopic (exact) mass is 306 g/mol. The number of nitrogens with zero attached hydrogens (tertiary/aromatic N) is 2. The van der Waals surface area contributed by atoms with Gasteiger partial charge in [0.2, 0.25) is 0 Å². The van der Waals surface area contributed by atoms with Crippen molar-refractivity contribution in [3.8, 4) is 0 Å². The molecular weight excluding hydrogens is 292 g/mol. The Morgan fingerprint density at radius 3 is 2.81 bits per heavy atom. The largest absolute Gasteiger partial charge is 0.465 e. The Morgan fingerprint density at radius 1 is 1.69 bits per heavy atom. The number of anilines is 1. The average Bonchev–Trinajstić information content (AvgIpc) is 2.61. The highest BCUT2D eigenvalue weighted by Crippen LogP contribution is 2.25. The molecular formula is C10H15BrN2O2S. The zero-order valence-corrected chi connectivity index (χ0v) is 12.0. The number of aromatic nitrogens is 1. The molecule has 0 amide bonds. The molecule has 16 heavy (non-hydrogen) atoms. The van der Waals surface area contributed by atoms with Gasteiger partial charge >= 0.3 is 5.97 Å². The first-order chi connectivity index (χ1) is 7.54. The van der Waals surface area contributed by atoms with Gasteiger partial charge in [-0.05, 0) is 36.7 Å². The van der Waals surface area contributed by atoms with Crippen LogP contribution in [0.5, 0.6) is 0 Å². The van der Waals surface area contributed by atoms with E-state index in [1.54, 1.807) is 6.92 Å². The summed E-state index contributed by atoms with van der Waals surface area (Å²) in [5.74, 6) is -0.220. The Hall–Kier alpha value is -0.620. The van der Waals surface area contributed by atoms with E-state index in [4.69, 9.17) is 4.74 Å². The standard InChI is InChI=1S/C10H15BrN2O2S/c1-4-15-9(14)5-13(7(2)3)10-12-8(11)6-16-10/h6-7H,4-5H2,1-3H3. The molecule has 0 N–H and O–H groups in total. The third-order valence-electron chi connectivity index (χ3n) is 1.94. The lowest BCUT2D eigenvalue weighted by Gasteiger charge is -2.24. The third kappa shape index (κ3) is 3.75. The highest BCUT2D eigenvalue weighted by Gasteiger charge is 2.18. The van der Waals surface area contributed by atoms with Gasteiger partial charge in [-0.1, -0.05) is 0 Å². The molecule has 0 saturated carbocycles. The Balaban J connectivity index is 2.72. The highest BCUT2D eigenvalue weighted by atomic mass is 79.9. The summed E-state index contributed by atoms with van der Waals surface area (Å²) < 4.78 is 5.73. The number of halogens is 1. The second-order valence-electron chi connectivity index (χ2n) is 3.48. The van der Waals surface area contributed by atoms with Crippen LogP contribution in [0.15, 0.2) is 9.98 Å². The van der Waals surface area contributed by atoms with Gasteiger partial charge < -0.3 is 9.64 Å². The zero-order chi connectivity index (χ0) is 12.1. The molecule has 0 aliphatic carbocycles. The van der Waals surface area contributed by atoms with Crippen LogP contribution >= 0.6 is 27.3 Å². The fraction of sp³-hybridized carbons (Fsp3) is 0.600. The molecule has 0 aliphatic heterocycles. The van der Waals surface area contributed by atoms with Gasteiger partial charge in [0.15, 0.2) is 5.13 Å². The van der Waals surface area contributed by atoms with Crippen molar-refractivity contribution in [1.82, 2.24) is 4.98 Å². The maximum atomic E-state index is 11.4. The van der Waals surface area contributed by atoms with Crippen molar-refractivity contribution in [1.29, 1.82) is 0 Å². The molecule has 0 saturated heterocycles. The lowest BCUT2D eigenvalue weighted by Crippen LogP contribution is -2.36. The summed E-state index contributed by atoms with van der Waals surface area (Å²) in [6.07, 6.45) is 0. The van der Waals surface area contributed by atoms with Crippen LogP contribution in [0, 0.1) is 0 Å². The summed E-state index contributed by atoms with van der Waals surface area (Å²) in [5, 5.41) is 2.73. The Kier molecular flexibility index (Phi) is 5.21. The van der Waals surface area contributed by atoms with Gasteiger partial charge in [-0.15, -0.1) is 11.3 Å². The first-order valence-corrected chi connectivity index (χ1v) is 6.75. The van der Waals surface area contributed by atoms with E-state index < -0.39 is 0 Å².